The molecular weight excluding hydrogens is 536 g/mol. The number of nitrogens with zero attached hydrogens (tertiary/aromatic N) is 1. The van der Waals surface area contributed by atoms with Gasteiger partial charge in [-0.3, -0.25) is 24.8 Å². The molecule has 0 aliphatic rings. The van der Waals surface area contributed by atoms with Crippen LogP contribution in [0.1, 0.15) is 41.5 Å². The molecule has 0 heterocycles. The lowest BCUT2D eigenvalue weighted by molar-refractivity contribution is -0.138. The molecule has 3 aromatic carbocycles. The first kappa shape index (κ1) is 31.8. The van der Waals surface area contributed by atoms with E-state index in [2.05, 4.69) is 26.5 Å². The number of phenols is 1. The van der Waals surface area contributed by atoms with Crippen molar-refractivity contribution >= 4 is 23.6 Å². The molecule has 0 aliphatic carbocycles. The number of carbonyl (C=O) groups is 3. The predicted octanol–water partition coefficient (Wildman–Crippen LogP) is 1.99. The average molecular weight is 575 g/mol. The highest BCUT2D eigenvalue weighted by molar-refractivity contribution is 5.97. The smallest absolute Gasteiger partial charge is 0.303 e. The number of aromatic hydroxyl groups is 1. The summed E-state index contributed by atoms with van der Waals surface area (Å²) < 4.78 is 0. The highest BCUT2D eigenvalue weighted by Gasteiger charge is 2.26. The Bertz CT molecular complexity index is 1330. The third-order valence-electron chi connectivity index (χ3n) is 6.62. The SMILES string of the molecule is CN=C(N)c1ccc(CNC(=O)[C@H](CCC(=O)O)NC(=O)[C@@H](CCc2ccc(O)cc2)NNCc2ccccc2)cc1. The van der Waals surface area contributed by atoms with Gasteiger partial charge in [0.05, 0.1) is 0 Å². The number of aliphatic imine (C=N–C) groups is 1. The minimum Gasteiger partial charge on any atom is -0.508 e. The van der Waals surface area contributed by atoms with Crippen molar-refractivity contribution in [2.75, 3.05) is 7.05 Å². The van der Waals surface area contributed by atoms with Crippen LogP contribution in [0.4, 0.5) is 0 Å². The Morgan fingerprint density at radius 1 is 0.810 bits per heavy atom. The number of nitrogens with one attached hydrogen (secondary N) is 4. The fourth-order valence-electron chi connectivity index (χ4n) is 4.16. The van der Waals surface area contributed by atoms with Crippen molar-refractivity contribution in [1.82, 2.24) is 21.5 Å². The van der Waals surface area contributed by atoms with Crippen molar-refractivity contribution < 1.29 is 24.6 Å². The fourth-order valence-corrected chi connectivity index (χ4v) is 4.16. The van der Waals surface area contributed by atoms with Gasteiger partial charge in [0.25, 0.3) is 0 Å². The van der Waals surface area contributed by atoms with Crippen molar-refractivity contribution in [3.63, 3.8) is 0 Å². The van der Waals surface area contributed by atoms with Crippen LogP contribution in [-0.2, 0) is 33.9 Å². The number of amides is 2. The number of nitrogens with two attached hydrogens (primary N) is 1. The molecule has 222 valence electrons. The molecule has 0 spiro atoms. The Morgan fingerprint density at radius 2 is 1.45 bits per heavy atom. The molecule has 0 saturated carbocycles. The number of hydrazine groups is 1. The Labute approximate surface area is 245 Å². The van der Waals surface area contributed by atoms with E-state index in [1.807, 2.05) is 30.3 Å². The maximum absolute atomic E-state index is 13.4. The van der Waals surface area contributed by atoms with Crippen LogP contribution in [0.5, 0.6) is 5.75 Å². The van der Waals surface area contributed by atoms with Crippen LogP contribution in [0.25, 0.3) is 0 Å². The molecule has 0 unspecified atom stereocenters. The van der Waals surface area contributed by atoms with E-state index in [0.717, 1.165) is 22.3 Å². The lowest BCUT2D eigenvalue weighted by Crippen LogP contribution is -2.55. The predicted molar refractivity (Wildman–Crippen MR) is 160 cm³/mol. The van der Waals surface area contributed by atoms with Crippen LogP contribution in [0.15, 0.2) is 83.9 Å². The lowest BCUT2D eigenvalue weighted by Gasteiger charge is -2.23. The van der Waals surface area contributed by atoms with Gasteiger partial charge >= 0.3 is 5.97 Å². The van der Waals surface area contributed by atoms with Crippen LogP contribution in [0, 0.1) is 0 Å². The molecule has 8 N–H and O–H groups in total. The molecule has 2 amide bonds. The van der Waals surface area contributed by atoms with E-state index in [4.69, 9.17) is 5.73 Å². The summed E-state index contributed by atoms with van der Waals surface area (Å²) in [6.07, 6.45) is 0.536. The third-order valence-corrected chi connectivity index (χ3v) is 6.62. The van der Waals surface area contributed by atoms with Gasteiger partial charge in [0, 0.05) is 32.1 Å². The van der Waals surface area contributed by atoms with Crippen molar-refractivity contribution in [2.45, 2.75) is 50.9 Å². The highest BCUT2D eigenvalue weighted by Crippen LogP contribution is 2.13. The van der Waals surface area contributed by atoms with Gasteiger partial charge in [-0.05, 0) is 48.1 Å². The summed E-state index contributed by atoms with van der Waals surface area (Å²) in [6.45, 7) is 0.643. The van der Waals surface area contributed by atoms with E-state index in [1.165, 1.54) is 0 Å². The summed E-state index contributed by atoms with van der Waals surface area (Å²) in [4.78, 5) is 41.8. The molecule has 0 aliphatic heterocycles. The van der Waals surface area contributed by atoms with E-state index < -0.39 is 29.9 Å². The zero-order valence-corrected chi connectivity index (χ0v) is 23.5. The number of amidine groups is 1. The number of carbonyl (C=O) groups excluding carboxylic acids is 2. The second-order valence-corrected chi connectivity index (χ2v) is 9.76. The van der Waals surface area contributed by atoms with Gasteiger partial charge in [-0.15, -0.1) is 0 Å². The molecule has 11 nitrogen and oxygen atoms in total. The zero-order chi connectivity index (χ0) is 30.3. The summed E-state index contributed by atoms with van der Waals surface area (Å²) in [6, 6.07) is 21.8. The lowest BCUT2D eigenvalue weighted by atomic mass is 10.0. The van der Waals surface area contributed by atoms with E-state index in [1.54, 1.807) is 55.6 Å². The molecule has 2 atom stereocenters. The van der Waals surface area contributed by atoms with Gasteiger partial charge < -0.3 is 26.6 Å². The van der Waals surface area contributed by atoms with Crippen LogP contribution in [0.2, 0.25) is 0 Å². The van der Waals surface area contributed by atoms with Crippen molar-refractivity contribution in [2.24, 2.45) is 10.7 Å². The summed E-state index contributed by atoms with van der Waals surface area (Å²) in [5.41, 5.74) is 15.5. The molecule has 0 saturated heterocycles. The monoisotopic (exact) mass is 574 g/mol. The largest absolute Gasteiger partial charge is 0.508 e. The van der Waals surface area contributed by atoms with Crippen molar-refractivity contribution in [3.05, 3.63) is 101 Å². The standard InChI is InChI=1S/C31H38N6O5/c1-33-29(32)24-12-7-23(8-13-24)19-34-30(41)26(17-18-28(39)40)36-31(42)27(16-11-21-9-14-25(38)15-10-21)37-35-20-22-5-3-2-4-6-22/h2-10,12-15,26-27,35,37-38H,11,16-20H2,1H3,(H2,32,33)(H,34,41)(H,36,42)(H,39,40)/t26-,27+/m0/s1. The van der Waals surface area contributed by atoms with E-state index in [9.17, 15) is 24.6 Å². The molecular formula is C31H38N6O5. The number of rotatable bonds is 16. The molecule has 0 aromatic heterocycles. The molecule has 3 rings (SSSR count). The Hall–Kier alpha value is -4.74. The number of carboxylic acid groups (broad SMARTS) is 1. The Balaban J connectivity index is 1.66. The summed E-state index contributed by atoms with van der Waals surface area (Å²) in [5, 5.41) is 24.3. The molecule has 0 fully saturated rings. The van der Waals surface area contributed by atoms with Crippen LogP contribution in [0.3, 0.4) is 0 Å². The van der Waals surface area contributed by atoms with Gasteiger partial charge in [-0.1, -0.05) is 66.7 Å². The number of hydrogen-bond acceptors (Lipinski definition) is 7. The molecule has 11 heteroatoms. The molecule has 0 bridgehead atoms. The van der Waals surface area contributed by atoms with Gasteiger partial charge in [-0.25, -0.2) is 5.43 Å². The number of aryl methyl sites for hydroxylation is 1. The Morgan fingerprint density at radius 3 is 2.10 bits per heavy atom. The first-order chi connectivity index (χ1) is 20.2. The second-order valence-electron chi connectivity index (χ2n) is 9.76. The fraction of sp³-hybridized carbons (Fsp3) is 0.290. The zero-order valence-electron chi connectivity index (χ0n) is 23.5. The van der Waals surface area contributed by atoms with Gasteiger partial charge in [0.15, 0.2) is 0 Å². The van der Waals surface area contributed by atoms with Crippen LogP contribution < -0.4 is 27.2 Å². The van der Waals surface area contributed by atoms with Crippen LogP contribution in [-0.4, -0.2) is 53.0 Å². The minimum atomic E-state index is -1.07. The topological polar surface area (TPSA) is 178 Å². The van der Waals surface area contributed by atoms with Gasteiger partial charge in [0.2, 0.25) is 11.8 Å². The summed E-state index contributed by atoms with van der Waals surface area (Å²) >= 11 is 0. The maximum atomic E-state index is 13.4. The number of aliphatic carboxylic acids is 1. The maximum Gasteiger partial charge on any atom is 0.303 e. The summed E-state index contributed by atoms with van der Waals surface area (Å²) in [7, 11) is 1.60. The van der Waals surface area contributed by atoms with Crippen LogP contribution >= 0.6 is 0 Å². The molecule has 3 aromatic rings. The first-order valence-corrected chi connectivity index (χ1v) is 13.7. The van der Waals surface area contributed by atoms with Gasteiger partial charge in [-0.2, -0.15) is 0 Å². The van der Waals surface area contributed by atoms with E-state index >= 15 is 0 Å². The first-order valence-electron chi connectivity index (χ1n) is 13.7. The highest BCUT2D eigenvalue weighted by atomic mass is 16.4. The second kappa shape index (κ2) is 16.5. The summed E-state index contributed by atoms with van der Waals surface area (Å²) in [5.74, 6) is -1.46. The normalized spacial score (nSPS) is 12.7. The van der Waals surface area contributed by atoms with E-state index in [0.29, 0.717) is 25.2 Å². The average Bonchev–Trinajstić information content (AvgIpc) is 3.00. The third kappa shape index (κ3) is 10.7. The van der Waals surface area contributed by atoms with Gasteiger partial charge in [0.1, 0.15) is 23.7 Å². The number of carboxylic acids is 1. The number of benzene rings is 3. The number of hydrogen-bond donors (Lipinski definition) is 7. The molecule has 0 radical (unpaired) electrons. The van der Waals surface area contributed by atoms with E-state index in [-0.39, 0.29) is 25.1 Å². The minimum absolute atomic E-state index is 0.0720. The molecule has 42 heavy (non-hydrogen) atoms. The number of phenolic OH excluding ortho intramolecular Hbond substituents is 1. The van der Waals surface area contributed by atoms with Crippen molar-refractivity contribution in [1.29, 1.82) is 0 Å². The van der Waals surface area contributed by atoms with Crippen molar-refractivity contribution in [3.8, 4) is 5.75 Å². The Kier molecular flexibility index (Phi) is 12.5. The quantitative estimate of drug-likeness (QED) is 0.0771.